The highest BCUT2D eigenvalue weighted by molar-refractivity contribution is 5.85. The summed E-state index contributed by atoms with van der Waals surface area (Å²) in [6.07, 6.45) is 3.19. The molecule has 5 nitrogen and oxygen atoms in total. The highest BCUT2D eigenvalue weighted by Gasteiger charge is 2.20. The van der Waals surface area contributed by atoms with Gasteiger partial charge in [-0.05, 0) is 37.4 Å². The molecule has 1 fully saturated rings. The summed E-state index contributed by atoms with van der Waals surface area (Å²) in [5.74, 6) is 1.33. The van der Waals surface area contributed by atoms with Gasteiger partial charge in [-0.2, -0.15) is 0 Å². The average Bonchev–Trinajstić information content (AvgIpc) is 3.25. The molecule has 0 aliphatic heterocycles. The Morgan fingerprint density at radius 1 is 1.38 bits per heavy atom. The normalized spacial score (nSPS) is 13.2. The van der Waals surface area contributed by atoms with Gasteiger partial charge in [-0.1, -0.05) is 0 Å². The first-order chi connectivity index (χ1) is 10.6. The van der Waals surface area contributed by atoms with Crippen LogP contribution in [0.25, 0.3) is 11.0 Å². The lowest BCUT2D eigenvalue weighted by Crippen LogP contribution is -2.35. The fourth-order valence-corrected chi connectivity index (χ4v) is 2.53. The Labute approximate surface area is 153 Å². The number of fused-ring (bicyclic) bond motifs is 1. The van der Waals surface area contributed by atoms with Crippen molar-refractivity contribution in [1.82, 2.24) is 20.2 Å². The summed E-state index contributed by atoms with van der Waals surface area (Å²) in [4.78, 5) is 16.1. The van der Waals surface area contributed by atoms with Crippen molar-refractivity contribution in [2.24, 2.45) is 13.0 Å². The number of aromatic nitrogens is 2. The third kappa shape index (κ3) is 5.33. The lowest BCUT2D eigenvalue weighted by atomic mass is 10.3. The number of halogens is 3. The van der Waals surface area contributed by atoms with E-state index in [9.17, 15) is 9.18 Å². The van der Waals surface area contributed by atoms with Gasteiger partial charge in [-0.3, -0.25) is 4.79 Å². The highest BCUT2D eigenvalue weighted by Crippen LogP contribution is 2.27. The first kappa shape index (κ1) is 20.7. The lowest BCUT2D eigenvalue weighted by molar-refractivity contribution is -0.120. The zero-order valence-electron chi connectivity index (χ0n) is 13.5. The summed E-state index contributed by atoms with van der Waals surface area (Å²) in [7, 11) is 1.90. The molecule has 24 heavy (non-hydrogen) atoms. The summed E-state index contributed by atoms with van der Waals surface area (Å²) < 4.78 is 15.1. The Morgan fingerprint density at radius 2 is 2.12 bits per heavy atom. The third-order valence-electron chi connectivity index (χ3n) is 4.02. The molecule has 1 aromatic carbocycles. The van der Waals surface area contributed by atoms with Crippen molar-refractivity contribution in [2.45, 2.75) is 19.3 Å². The van der Waals surface area contributed by atoms with Gasteiger partial charge in [-0.15, -0.1) is 24.8 Å². The van der Waals surface area contributed by atoms with Gasteiger partial charge in [0.2, 0.25) is 5.91 Å². The van der Waals surface area contributed by atoms with Crippen molar-refractivity contribution in [3.05, 3.63) is 29.8 Å². The monoisotopic (exact) mass is 376 g/mol. The molecule has 0 bridgehead atoms. The van der Waals surface area contributed by atoms with E-state index in [2.05, 4.69) is 15.6 Å². The molecule has 1 aromatic heterocycles. The second kappa shape index (κ2) is 9.20. The predicted octanol–water partition coefficient (Wildman–Crippen LogP) is 2.21. The Balaban J connectivity index is 0.00000144. The summed E-state index contributed by atoms with van der Waals surface area (Å²) in [5.41, 5.74) is 1.55. The van der Waals surface area contributed by atoms with Gasteiger partial charge in [0.15, 0.2) is 0 Å². The van der Waals surface area contributed by atoms with Crippen LogP contribution in [0.3, 0.4) is 0 Å². The first-order valence-corrected chi connectivity index (χ1v) is 7.72. The number of hydrogen-bond acceptors (Lipinski definition) is 3. The Kier molecular flexibility index (Phi) is 7.93. The van der Waals surface area contributed by atoms with Crippen molar-refractivity contribution in [3.63, 3.8) is 0 Å². The molecule has 2 N–H and O–H groups in total. The smallest absolute Gasteiger partial charge is 0.233 e. The van der Waals surface area contributed by atoms with E-state index in [0.717, 1.165) is 23.8 Å². The van der Waals surface area contributed by atoms with Crippen molar-refractivity contribution >= 4 is 41.8 Å². The number of hydrogen-bond donors (Lipinski definition) is 2. The van der Waals surface area contributed by atoms with Crippen LogP contribution in [-0.2, 0) is 18.3 Å². The molecule has 0 saturated heterocycles. The minimum Gasteiger partial charge on any atom is -0.355 e. The second-order valence-corrected chi connectivity index (χ2v) is 5.89. The predicted molar refractivity (Wildman–Crippen MR) is 97.5 cm³/mol. The van der Waals surface area contributed by atoms with Gasteiger partial charge in [0.1, 0.15) is 11.6 Å². The number of rotatable bonds is 7. The average molecular weight is 377 g/mol. The number of nitrogens with one attached hydrogen (secondary N) is 2. The van der Waals surface area contributed by atoms with Gasteiger partial charge < -0.3 is 15.2 Å². The molecule has 8 heteroatoms. The van der Waals surface area contributed by atoms with Gasteiger partial charge >= 0.3 is 0 Å². The van der Waals surface area contributed by atoms with E-state index >= 15 is 0 Å². The molecular formula is C16H23Cl2FN4O. The molecule has 2 aromatic rings. The van der Waals surface area contributed by atoms with E-state index in [1.165, 1.54) is 25.0 Å². The standard InChI is InChI=1S/C16H21FN4O.2ClH/c1-21-14-5-4-12(17)8-13(14)20-15(21)6-7-19-16(22)10-18-9-11-2-3-11;;/h4-5,8,11,18H,2-3,6-7,9-10H2,1H3,(H,19,22);2*1H. The van der Waals surface area contributed by atoms with Crippen molar-refractivity contribution < 1.29 is 9.18 Å². The molecule has 3 rings (SSSR count). The van der Waals surface area contributed by atoms with E-state index in [4.69, 9.17) is 0 Å². The second-order valence-electron chi connectivity index (χ2n) is 5.89. The van der Waals surface area contributed by atoms with Gasteiger partial charge in [0, 0.05) is 26.1 Å². The number of aryl methyl sites for hydroxylation is 1. The van der Waals surface area contributed by atoms with Crippen molar-refractivity contribution in [3.8, 4) is 0 Å². The SMILES string of the molecule is Cl.Cl.Cn1c(CCNC(=O)CNCC2CC2)nc2cc(F)ccc21. The molecule has 0 radical (unpaired) electrons. The molecule has 0 spiro atoms. The number of benzene rings is 1. The number of carbonyl (C=O) groups is 1. The van der Waals surface area contributed by atoms with Crippen LogP contribution >= 0.6 is 24.8 Å². The molecule has 1 aliphatic carbocycles. The zero-order chi connectivity index (χ0) is 15.5. The molecular weight excluding hydrogens is 354 g/mol. The number of carbonyl (C=O) groups excluding carboxylic acids is 1. The number of nitrogens with zero attached hydrogens (tertiary/aromatic N) is 2. The molecule has 0 atom stereocenters. The van der Waals surface area contributed by atoms with Gasteiger partial charge in [-0.25, -0.2) is 9.37 Å². The Hall–Kier alpha value is -1.37. The van der Waals surface area contributed by atoms with E-state index in [-0.39, 0.29) is 36.5 Å². The van der Waals surface area contributed by atoms with E-state index in [0.29, 0.717) is 25.0 Å². The summed E-state index contributed by atoms with van der Waals surface area (Å²) in [6, 6.07) is 4.59. The van der Waals surface area contributed by atoms with Crippen molar-refractivity contribution in [2.75, 3.05) is 19.6 Å². The highest BCUT2D eigenvalue weighted by atomic mass is 35.5. The summed E-state index contributed by atoms with van der Waals surface area (Å²) in [6.45, 7) is 1.83. The van der Waals surface area contributed by atoms with Crippen LogP contribution in [-0.4, -0.2) is 35.1 Å². The Bertz CT molecular complexity index is 688. The maximum absolute atomic E-state index is 13.2. The summed E-state index contributed by atoms with van der Waals surface area (Å²) in [5, 5.41) is 6.04. The largest absolute Gasteiger partial charge is 0.355 e. The lowest BCUT2D eigenvalue weighted by Gasteiger charge is -2.06. The van der Waals surface area contributed by atoms with Crippen LogP contribution in [0.5, 0.6) is 0 Å². The van der Waals surface area contributed by atoms with Crippen LogP contribution in [0.1, 0.15) is 18.7 Å². The number of amides is 1. The quantitative estimate of drug-likeness (QED) is 0.778. The van der Waals surface area contributed by atoms with Crippen LogP contribution in [0, 0.1) is 11.7 Å². The maximum Gasteiger partial charge on any atom is 0.233 e. The summed E-state index contributed by atoms with van der Waals surface area (Å²) >= 11 is 0. The Morgan fingerprint density at radius 3 is 2.83 bits per heavy atom. The molecule has 1 amide bonds. The minimum absolute atomic E-state index is 0. The van der Waals surface area contributed by atoms with Crippen LogP contribution in [0.4, 0.5) is 4.39 Å². The molecule has 1 heterocycles. The van der Waals surface area contributed by atoms with Gasteiger partial charge in [0.25, 0.3) is 0 Å². The zero-order valence-corrected chi connectivity index (χ0v) is 15.2. The maximum atomic E-state index is 13.2. The molecule has 1 saturated carbocycles. The fourth-order valence-electron chi connectivity index (χ4n) is 2.53. The van der Waals surface area contributed by atoms with E-state index < -0.39 is 0 Å². The molecule has 134 valence electrons. The van der Waals surface area contributed by atoms with Crippen LogP contribution < -0.4 is 10.6 Å². The van der Waals surface area contributed by atoms with Gasteiger partial charge in [0.05, 0.1) is 17.6 Å². The third-order valence-corrected chi connectivity index (χ3v) is 4.02. The van der Waals surface area contributed by atoms with Crippen LogP contribution in [0.15, 0.2) is 18.2 Å². The minimum atomic E-state index is -0.285. The number of imidazole rings is 1. The first-order valence-electron chi connectivity index (χ1n) is 7.72. The van der Waals surface area contributed by atoms with Crippen LogP contribution in [0.2, 0.25) is 0 Å². The van der Waals surface area contributed by atoms with Crippen molar-refractivity contribution in [1.29, 1.82) is 0 Å². The fraction of sp³-hybridized carbons (Fsp3) is 0.500. The van der Waals surface area contributed by atoms with E-state index in [1.54, 1.807) is 6.07 Å². The van der Waals surface area contributed by atoms with E-state index in [1.807, 2.05) is 11.6 Å². The molecule has 0 unspecified atom stereocenters. The topological polar surface area (TPSA) is 59.0 Å². The molecule has 1 aliphatic rings.